The summed E-state index contributed by atoms with van der Waals surface area (Å²) in [5, 5.41) is 3.14. The van der Waals surface area contributed by atoms with Gasteiger partial charge in [-0.15, -0.1) is 0 Å². The summed E-state index contributed by atoms with van der Waals surface area (Å²) in [4.78, 5) is 6.29. The van der Waals surface area contributed by atoms with Crippen molar-refractivity contribution >= 4 is 5.69 Å². The Morgan fingerprint density at radius 2 is 1.50 bits per heavy atom. The van der Waals surface area contributed by atoms with Crippen molar-refractivity contribution in [1.82, 2.24) is 9.88 Å². The zero-order chi connectivity index (χ0) is 13.0. The van der Waals surface area contributed by atoms with E-state index in [1.165, 1.54) is 11.1 Å². The fraction of sp³-hybridized carbons (Fsp3) is 0.267. The van der Waals surface area contributed by atoms with Crippen LogP contribution >= 0.6 is 0 Å². The molecule has 2 aromatic rings. The minimum Gasteiger partial charge on any atom is -0.388 e. The molecule has 94 valence electrons. The molecule has 1 unspecified atom stereocenters. The van der Waals surface area contributed by atoms with E-state index in [-0.39, 0.29) is 6.04 Å². The fourth-order valence-electron chi connectivity index (χ4n) is 2.17. The molecule has 0 fully saturated rings. The summed E-state index contributed by atoms with van der Waals surface area (Å²) in [6.07, 6.45) is 3.68. The standard InChI is InChI=1S/C15H19N3/c1-16-14-6-4-12(5-7-14)15(18(2)3)13-8-10-17-11-9-13/h4-11,15-16H,1-3H3. The van der Waals surface area contributed by atoms with E-state index >= 15 is 0 Å². The summed E-state index contributed by atoms with van der Waals surface area (Å²) in [6.45, 7) is 0. The van der Waals surface area contributed by atoms with Gasteiger partial charge in [0.25, 0.3) is 0 Å². The van der Waals surface area contributed by atoms with Gasteiger partial charge in [0, 0.05) is 25.1 Å². The van der Waals surface area contributed by atoms with E-state index in [1.807, 2.05) is 19.4 Å². The van der Waals surface area contributed by atoms with E-state index in [1.54, 1.807) is 0 Å². The van der Waals surface area contributed by atoms with Crippen molar-refractivity contribution in [3.63, 3.8) is 0 Å². The number of hydrogen-bond donors (Lipinski definition) is 1. The van der Waals surface area contributed by atoms with Crippen LogP contribution in [-0.2, 0) is 0 Å². The van der Waals surface area contributed by atoms with Crippen LogP contribution in [0.4, 0.5) is 5.69 Å². The minimum absolute atomic E-state index is 0.263. The van der Waals surface area contributed by atoms with Gasteiger partial charge in [-0.1, -0.05) is 12.1 Å². The summed E-state index contributed by atoms with van der Waals surface area (Å²) in [5.41, 5.74) is 3.67. The molecular weight excluding hydrogens is 222 g/mol. The van der Waals surface area contributed by atoms with Crippen LogP contribution in [-0.4, -0.2) is 31.0 Å². The summed E-state index contributed by atoms with van der Waals surface area (Å²) >= 11 is 0. The Balaban J connectivity index is 2.36. The lowest BCUT2D eigenvalue weighted by molar-refractivity contribution is 0.342. The van der Waals surface area contributed by atoms with Crippen molar-refractivity contribution in [2.75, 3.05) is 26.5 Å². The average Bonchev–Trinajstić information content (AvgIpc) is 2.40. The molecule has 1 aromatic heterocycles. The Bertz CT molecular complexity index is 477. The van der Waals surface area contributed by atoms with Crippen molar-refractivity contribution < 1.29 is 0 Å². The highest BCUT2D eigenvalue weighted by Crippen LogP contribution is 2.26. The Kier molecular flexibility index (Phi) is 3.95. The first-order chi connectivity index (χ1) is 8.72. The van der Waals surface area contributed by atoms with Crippen LogP contribution in [0.15, 0.2) is 48.8 Å². The molecule has 0 aliphatic carbocycles. The quantitative estimate of drug-likeness (QED) is 0.892. The van der Waals surface area contributed by atoms with Gasteiger partial charge in [0.05, 0.1) is 6.04 Å². The normalized spacial score (nSPS) is 12.4. The van der Waals surface area contributed by atoms with Crippen molar-refractivity contribution in [2.45, 2.75) is 6.04 Å². The molecule has 0 radical (unpaired) electrons. The highest BCUT2D eigenvalue weighted by molar-refractivity contribution is 5.45. The number of aromatic nitrogens is 1. The van der Waals surface area contributed by atoms with Crippen LogP contribution in [0.25, 0.3) is 0 Å². The maximum absolute atomic E-state index is 4.08. The van der Waals surface area contributed by atoms with Gasteiger partial charge in [-0.2, -0.15) is 0 Å². The summed E-state index contributed by atoms with van der Waals surface area (Å²) in [5.74, 6) is 0. The zero-order valence-corrected chi connectivity index (χ0v) is 11.1. The smallest absolute Gasteiger partial charge is 0.0597 e. The molecule has 3 heteroatoms. The van der Waals surface area contributed by atoms with Crippen LogP contribution in [0.2, 0.25) is 0 Å². The van der Waals surface area contributed by atoms with Gasteiger partial charge in [-0.25, -0.2) is 0 Å². The van der Waals surface area contributed by atoms with Crippen LogP contribution < -0.4 is 5.32 Å². The third-order valence-corrected chi connectivity index (χ3v) is 3.05. The molecule has 2 rings (SSSR count). The lowest BCUT2D eigenvalue weighted by Crippen LogP contribution is -2.21. The molecule has 0 aliphatic heterocycles. The van der Waals surface area contributed by atoms with E-state index in [2.05, 4.69) is 65.7 Å². The Morgan fingerprint density at radius 1 is 0.944 bits per heavy atom. The predicted octanol–water partition coefficient (Wildman–Crippen LogP) is 2.77. The molecule has 0 spiro atoms. The summed E-state index contributed by atoms with van der Waals surface area (Å²) in [7, 11) is 6.12. The molecule has 0 bridgehead atoms. The molecule has 1 N–H and O–H groups in total. The number of hydrogen-bond acceptors (Lipinski definition) is 3. The van der Waals surface area contributed by atoms with Crippen molar-refractivity contribution in [3.8, 4) is 0 Å². The van der Waals surface area contributed by atoms with Gasteiger partial charge in [-0.05, 0) is 49.5 Å². The number of rotatable bonds is 4. The second kappa shape index (κ2) is 5.65. The van der Waals surface area contributed by atoms with Crippen molar-refractivity contribution in [1.29, 1.82) is 0 Å². The molecule has 0 saturated heterocycles. The Labute approximate surface area is 108 Å². The monoisotopic (exact) mass is 241 g/mol. The first-order valence-corrected chi connectivity index (χ1v) is 6.06. The number of nitrogens with one attached hydrogen (secondary N) is 1. The molecule has 1 atom stereocenters. The molecule has 1 aromatic carbocycles. The van der Waals surface area contributed by atoms with Gasteiger partial charge in [0.2, 0.25) is 0 Å². The largest absolute Gasteiger partial charge is 0.388 e. The molecule has 18 heavy (non-hydrogen) atoms. The van der Waals surface area contributed by atoms with Crippen molar-refractivity contribution in [3.05, 3.63) is 59.9 Å². The average molecular weight is 241 g/mol. The molecule has 0 amide bonds. The van der Waals surface area contributed by atoms with Crippen LogP contribution in [0.5, 0.6) is 0 Å². The molecule has 0 aliphatic rings. The van der Waals surface area contributed by atoms with Gasteiger partial charge in [0.1, 0.15) is 0 Å². The lowest BCUT2D eigenvalue weighted by Gasteiger charge is -2.25. The van der Waals surface area contributed by atoms with E-state index < -0.39 is 0 Å². The second-order valence-corrected chi connectivity index (χ2v) is 4.52. The van der Waals surface area contributed by atoms with Gasteiger partial charge < -0.3 is 5.32 Å². The maximum Gasteiger partial charge on any atom is 0.0597 e. The Morgan fingerprint density at radius 3 is 2.00 bits per heavy atom. The third kappa shape index (κ3) is 2.68. The number of benzene rings is 1. The van der Waals surface area contributed by atoms with E-state index in [0.29, 0.717) is 0 Å². The lowest BCUT2D eigenvalue weighted by atomic mass is 9.98. The highest BCUT2D eigenvalue weighted by Gasteiger charge is 2.15. The second-order valence-electron chi connectivity index (χ2n) is 4.52. The minimum atomic E-state index is 0.263. The SMILES string of the molecule is CNc1ccc(C(c2ccncc2)N(C)C)cc1. The molecular formula is C15H19N3. The number of pyridine rings is 1. The van der Waals surface area contributed by atoms with E-state index in [9.17, 15) is 0 Å². The first kappa shape index (κ1) is 12.6. The molecule has 0 saturated carbocycles. The first-order valence-electron chi connectivity index (χ1n) is 6.06. The summed E-state index contributed by atoms with van der Waals surface area (Å²) in [6, 6.07) is 12.9. The zero-order valence-electron chi connectivity index (χ0n) is 11.1. The maximum atomic E-state index is 4.08. The van der Waals surface area contributed by atoms with E-state index in [4.69, 9.17) is 0 Å². The third-order valence-electron chi connectivity index (χ3n) is 3.05. The number of anilines is 1. The van der Waals surface area contributed by atoms with Crippen LogP contribution in [0.1, 0.15) is 17.2 Å². The summed E-state index contributed by atoms with van der Waals surface area (Å²) < 4.78 is 0. The fourth-order valence-corrected chi connectivity index (χ4v) is 2.17. The van der Waals surface area contributed by atoms with Gasteiger partial charge >= 0.3 is 0 Å². The van der Waals surface area contributed by atoms with Crippen LogP contribution in [0, 0.1) is 0 Å². The van der Waals surface area contributed by atoms with E-state index in [0.717, 1.165) is 5.69 Å². The predicted molar refractivity (Wildman–Crippen MR) is 75.8 cm³/mol. The van der Waals surface area contributed by atoms with Crippen LogP contribution in [0.3, 0.4) is 0 Å². The topological polar surface area (TPSA) is 28.2 Å². The van der Waals surface area contributed by atoms with Crippen molar-refractivity contribution in [2.24, 2.45) is 0 Å². The Hall–Kier alpha value is -1.87. The van der Waals surface area contributed by atoms with Gasteiger partial charge in [-0.3, -0.25) is 9.88 Å². The molecule has 1 heterocycles. The highest BCUT2D eigenvalue weighted by atomic mass is 15.1. The number of nitrogens with zero attached hydrogens (tertiary/aromatic N) is 2. The van der Waals surface area contributed by atoms with Gasteiger partial charge in [0.15, 0.2) is 0 Å². The molecule has 3 nitrogen and oxygen atoms in total.